The van der Waals surface area contributed by atoms with E-state index in [1.54, 1.807) is 29.2 Å². The number of urea groups is 1. The topological polar surface area (TPSA) is 69.6 Å². The Hall–Kier alpha value is -2.56. The number of benzene rings is 1. The first-order chi connectivity index (χ1) is 11.1. The highest BCUT2D eigenvalue weighted by Gasteiger charge is 2.24. The molecule has 122 valence electrons. The Labute approximate surface area is 136 Å². The SMILES string of the molecule is C=CCN(CC=C)C(=O)NC1CCCc2cc(C(=O)O)ccc21. The Bertz CT molecular complexity index is 615. The molecule has 0 aliphatic heterocycles. The van der Waals surface area contributed by atoms with Crippen molar-refractivity contribution in [1.29, 1.82) is 0 Å². The van der Waals surface area contributed by atoms with Crippen LogP contribution in [0.4, 0.5) is 4.79 Å². The van der Waals surface area contributed by atoms with Crippen molar-refractivity contribution in [3.05, 3.63) is 60.2 Å². The van der Waals surface area contributed by atoms with E-state index in [1.807, 2.05) is 6.07 Å². The molecule has 1 aromatic carbocycles. The molecule has 0 aromatic heterocycles. The Morgan fingerprint density at radius 3 is 2.61 bits per heavy atom. The van der Waals surface area contributed by atoms with Crippen LogP contribution in [-0.2, 0) is 6.42 Å². The van der Waals surface area contributed by atoms with Crippen LogP contribution >= 0.6 is 0 Å². The van der Waals surface area contributed by atoms with E-state index >= 15 is 0 Å². The lowest BCUT2D eigenvalue weighted by atomic mass is 9.86. The predicted octanol–water partition coefficient (Wildman–Crippen LogP) is 3.15. The van der Waals surface area contributed by atoms with E-state index in [4.69, 9.17) is 5.11 Å². The zero-order valence-electron chi connectivity index (χ0n) is 13.1. The first kappa shape index (κ1) is 16.8. The van der Waals surface area contributed by atoms with Crippen molar-refractivity contribution in [3.63, 3.8) is 0 Å². The molecule has 0 radical (unpaired) electrons. The van der Waals surface area contributed by atoms with Gasteiger partial charge in [0.25, 0.3) is 0 Å². The number of amides is 2. The fourth-order valence-corrected chi connectivity index (χ4v) is 2.89. The van der Waals surface area contributed by atoms with Gasteiger partial charge in [-0.2, -0.15) is 0 Å². The van der Waals surface area contributed by atoms with Crippen LogP contribution in [0, 0.1) is 0 Å². The van der Waals surface area contributed by atoms with Gasteiger partial charge in [-0.1, -0.05) is 18.2 Å². The van der Waals surface area contributed by atoms with E-state index in [1.165, 1.54) is 0 Å². The number of aryl methyl sites for hydroxylation is 1. The van der Waals surface area contributed by atoms with Gasteiger partial charge >= 0.3 is 12.0 Å². The van der Waals surface area contributed by atoms with E-state index in [9.17, 15) is 9.59 Å². The van der Waals surface area contributed by atoms with Gasteiger partial charge in [-0.15, -0.1) is 13.2 Å². The molecule has 0 saturated carbocycles. The van der Waals surface area contributed by atoms with E-state index in [2.05, 4.69) is 18.5 Å². The molecule has 1 aliphatic carbocycles. The largest absolute Gasteiger partial charge is 0.478 e. The van der Waals surface area contributed by atoms with Gasteiger partial charge in [0.05, 0.1) is 11.6 Å². The van der Waals surface area contributed by atoms with Crippen LogP contribution < -0.4 is 5.32 Å². The minimum absolute atomic E-state index is 0.0915. The van der Waals surface area contributed by atoms with Crippen molar-refractivity contribution in [2.45, 2.75) is 25.3 Å². The highest BCUT2D eigenvalue weighted by atomic mass is 16.4. The summed E-state index contributed by atoms with van der Waals surface area (Å²) in [4.78, 5) is 25.1. The first-order valence-corrected chi connectivity index (χ1v) is 7.70. The number of rotatable bonds is 6. The van der Waals surface area contributed by atoms with Crippen LogP contribution in [0.25, 0.3) is 0 Å². The molecule has 0 bridgehead atoms. The zero-order chi connectivity index (χ0) is 16.8. The summed E-state index contributed by atoms with van der Waals surface area (Å²) in [5, 5.41) is 12.1. The number of hydrogen-bond acceptors (Lipinski definition) is 2. The molecule has 0 heterocycles. The van der Waals surface area contributed by atoms with Gasteiger partial charge in [-0.05, 0) is 42.5 Å². The number of fused-ring (bicyclic) bond motifs is 1. The minimum Gasteiger partial charge on any atom is -0.478 e. The van der Waals surface area contributed by atoms with Crippen molar-refractivity contribution in [2.75, 3.05) is 13.1 Å². The van der Waals surface area contributed by atoms with E-state index < -0.39 is 5.97 Å². The van der Waals surface area contributed by atoms with Gasteiger partial charge in [0.2, 0.25) is 0 Å². The van der Waals surface area contributed by atoms with Crippen LogP contribution in [0.2, 0.25) is 0 Å². The average molecular weight is 314 g/mol. The third-order valence-electron chi connectivity index (χ3n) is 3.99. The van der Waals surface area contributed by atoms with Gasteiger partial charge in [-0.3, -0.25) is 0 Å². The third-order valence-corrected chi connectivity index (χ3v) is 3.99. The summed E-state index contributed by atoms with van der Waals surface area (Å²) < 4.78 is 0. The van der Waals surface area contributed by atoms with Crippen LogP contribution in [-0.4, -0.2) is 35.1 Å². The smallest absolute Gasteiger partial charge is 0.335 e. The second-order valence-corrected chi connectivity index (χ2v) is 5.60. The van der Waals surface area contributed by atoms with Crippen LogP contribution in [0.15, 0.2) is 43.5 Å². The second kappa shape index (κ2) is 7.63. The molecule has 1 atom stereocenters. The van der Waals surface area contributed by atoms with E-state index in [0.29, 0.717) is 13.1 Å². The molecule has 2 rings (SSSR count). The molecule has 1 unspecified atom stereocenters. The monoisotopic (exact) mass is 314 g/mol. The Morgan fingerprint density at radius 2 is 2.00 bits per heavy atom. The number of carbonyl (C=O) groups excluding carboxylic acids is 1. The molecule has 5 nitrogen and oxygen atoms in total. The molecule has 0 spiro atoms. The van der Waals surface area contributed by atoms with Crippen molar-refractivity contribution in [3.8, 4) is 0 Å². The maximum absolute atomic E-state index is 12.4. The van der Waals surface area contributed by atoms with Crippen molar-refractivity contribution < 1.29 is 14.7 Å². The quantitative estimate of drug-likeness (QED) is 0.793. The summed E-state index contributed by atoms with van der Waals surface area (Å²) in [5.74, 6) is -0.929. The maximum Gasteiger partial charge on any atom is 0.335 e. The number of carboxylic acid groups (broad SMARTS) is 1. The summed E-state index contributed by atoms with van der Waals surface area (Å²) in [5.41, 5.74) is 2.29. The number of nitrogens with zero attached hydrogens (tertiary/aromatic N) is 1. The standard InChI is InChI=1S/C18H22N2O3/c1-3-10-20(11-4-2)18(23)19-16-7-5-6-13-12-14(17(21)22)8-9-15(13)16/h3-4,8-9,12,16H,1-2,5-7,10-11H2,(H,19,23)(H,21,22). The molecule has 5 heteroatoms. The predicted molar refractivity (Wildman–Crippen MR) is 89.6 cm³/mol. The molecule has 0 fully saturated rings. The summed E-state index contributed by atoms with van der Waals surface area (Å²) in [7, 11) is 0. The number of aromatic carboxylic acids is 1. The van der Waals surface area contributed by atoms with Crippen LogP contribution in [0.5, 0.6) is 0 Å². The molecule has 0 saturated heterocycles. The Balaban J connectivity index is 2.16. The lowest BCUT2D eigenvalue weighted by Crippen LogP contribution is -2.42. The molecule has 2 amide bonds. The van der Waals surface area contributed by atoms with Gasteiger partial charge in [0, 0.05) is 13.1 Å². The van der Waals surface area contributed by atoms with E-state index in [-0.39, 0.29) is 17.6 Å². The van der Waals surface area contributed by atoms with Crippen LogP contribution in [0.3, 0.4) is 0 Å². The number of nitrogens with one attached hydrogen (secondary N) is 1. The third kappa shape index (κ3) is 4.00. The fraction of sp³-hybridized carbons (Fsp3) is 0.333. The maximum atomic E-state index is 12.4. The van der Waals surface area contributed by atoms with Gasteiger partial charge in [0.1, 0.15) is 0 Å². The normalized spacial score (nSPS) is 16.1. The first-order valence-electron chi connectivity index (χ1n) is 7.70. The van der Waals surface area contributed by atoms with Gasteiger partial charge in [-0.25, -0.2) is 9.59 Å². The number of hydrogen-bond donors (Lipinski definition) is 2. The van der Waals surface area contributed by atoms with Gasteiger partial charge in [0.15, 0.2) is 0 Å². The fourth-order valence-electron chi connectivity index (χ4n) is 2.89. The summed E-state index contributed by atoms with van der Waals surface area (Å²) in [6.45, 7) is 8.23. The summed E-state index contributed by atoms with van der Waals surface area (Å²) in [6.07, 6.45) is 5.96. The van der Waals surface area contributed by atoms with E-state index in [0.717, 1.165) is 30.4 Å². The molecular formula is C18H22N2O3. The van der Waals surface area contributed by atoms with Crippen molar-refractivity contribution in [2.24, 2.45) is 0 Å². The molecule has 2 N–H and O–H groups in total. The number of carbonyl (C=O) groups is 2. The Morgan fingerprint density at radius 1 is 1.30 bits per heavy atom. The molecule has 23 heavy (non-hydrogen) atoms. The lowest BCUT2D eigenvalue weighted by molar-refractivity contribution is 0.0696. The highest BCUT2D eigenvalue weighted by molar-refractivity contribution is 5.88. The Kier molecular flexibility index (Phi) is 5.57. The van der Waals surface area contributed by atoms with Crippen molar-refractivity contribution >= 4 is 12.0 Å². The highest BCUT2D eigenvalue weighted by Crippen LogP contribution is 2.30. The zero-order valence-corrected chi connectivity index (χ0v) is 13.1. The second-order valence-electron chi connectivity index (χ2n) is 5.60. The molecule has 1 aliphatic rings. The van der Waals surface area contributed by atoms with Gasteiger partial charge < -0.3 is 15.3 Å². The van der Waals surface area contributed by atoms with Crippen molar-refractivity contribution in [1.82, 2.24) is 10.2 Å². The summed E-state index contributed by atoms with van der Waals surface area (Å²) >= 11 is 0. The molecular weight excluding hydrogens is 292 g/mol. The minimum atomic E-state index is -0.929. The molecule has 1 aromatic rings. The lowest BCUT2D eigenvalue weighted by Gasteiger charge is -2.29. The number of carboxylic acids is 1. The summed E-state index contributed by atoms with van der Waals surface area (Å²) in [6, 6.07) is 4.86. The average Bonchev–Trinajstić information content (AvgIpc) is 2.54. The van der Waals surface area contributed by atoms with Crippen LogP contribution in [0.1, 0.15) is 40.4 Å².